The van der Waals surface area contributed by atoms with Crippen LogP contribution in [0.2, 0.25) is 0 Å². The molecule has 32 heavy (non-hydrogen) atoms. The number of aromatic nitrogens is 4. The lowest BCUT2D eigenvalue weighted by molar-refractivity contribution is -0.113. The number of thioether (sulfide) groups is 1. The highest BCUT2D eigenvalue weighted by atomic mass is 32.2. The Morgan fingerprint density at radius 1 is 1.44 bits per heavy atom. The minimum Gasteiger partial charge on any atom is -0.462 e. The highest BCUT2D eigenvalue weighted by Crippen LogP contribution is 2.47. The fourth-order valence-electron chi connectivity index (χ4n) is 3.59. The smallest absolute Gasteiger partial charge is 0.235 e. The van der Waals surface area contributed by atoms with Crippen LogP contribution in [0.25, 0.3) is 12.2 Å². The predicted molar refractivity (Wildman–Crippen MR) is 125 cm³/mol. The van der Waals surface area contributed by atoms with Crippen LogP contribution in [-0.2, 0) is 17.3 Å². The van der Waals surface area contributed by atoms with Gasteiger partial charge in [-0.15, -0.1) is 16.4 Å². The van der Waals surface area contributed by atoms with E-state index in [0.29, 0.717) is 15.7 Å². The second-order valence-electron chi connectivity index (χ2n) is 8.14. The first-order chi connectivity index (χ1) is 15.3. The van der Waals surface area contributed by atoms with Crippen molar-refractivity contribution in [3.63, 3.8) is 0 Å². The van der Waals surface area contributed by atoms with Gasteiger partial charge in [-0.1, -0.05) is 31.7 Å². The molecule has 0 radical (unpaired) electrons. The molecule has 0 unspecified atom stereocenters. The summed E-state index contributed by atoms with van der Waals surface area (Å²) in [6.07, 6.45) is 6.84. The standard InChI is InChI=1S/C22H22N6O2S2/c1-13-5-7-15(30-13)8-6-14-9-16-17(11-23)20(32-19(16)22(2,3)10-14)24-18(29)12-31-21-25-26-27-28(21)4/h5-9H,10,12H2,1-4H3,(H,24,29)/b8-6+. The average Bonchev–Trinajstić information content (AvgIpc) is 3.43. The molecule has 164 valence electrons. The Bertz CT molecular complexity index is 1270. The Balaban J connectivity index is 1.57. The third-order valence-corrected chi connectivity index (χ3v) is 7.53. The summed E-state index contributed by atoms with van der Waals surface area (Å²) in [7, 11) is 1.72. The van der Waals surface area contributed by atoms with Crippen molar-refractivity contribution < 1.29 is 9.21 Å². The van der Waals surface area contributed by atoms with Crippen molar-refractivity contribution in [2.75, 3.05) is 11.1 Å². The lowest BCUT2D eigenvalue weighted by Gasteiger charge is -2.29. The molecule has 8 nitrogen and oxygen atoms in total. The number of nitrogens with zero attached hydrogens (tertiary/aromatic N) is 5. The summed E-state index contributed by atoms with van der Waals surface area (Å²) in [5, 5.41) is 25.1. The van der Waals surface area contributed by atoms with Crippen LogP contribution >= 0.6 is 23.1 Å². The zero-order chi connectivity index (χ0) is 22.9. The molecule has 0 bridgehead atoms. The molecule has 10 heteroatoms. The fraction of sp³-hybridized carbons (Fsp3) is 0.318. The third-order valence-electron chi connectivity index (χ3n) is 5.04. The Kier molecular flexibility index (Phi) is 6.04. The van der Waals surface area contributed by atoms with Crippen molar-refractivity contribution in [1.82, 2.24) is 20.2 Å². The second kappa shape index (κ2) is 8.76. The largest absolute Gasteiger partial charge is 0.462 e. The fourth-order valence-corrected chi connectivity index (χ4v) is 5.48. The summed E-state index contributed by atoms with van der Waals surface area (Å²) in [5.41, 5.74) is 2.32. The molecule has 3 aromatic heterocycles. The number of tetrazole rings is 1. The number of furan rings is 1. The molecule has 1 aliphatic carbocycles. The molecule has 1 N–H and O–H groups in total. The normalized spacial score (nSPS) is 14.8. The number of nitrogens with one attached hydrogen (secondary N) is 1. The number of carbonyl (C=O) groups excluding carboxylic acids is 1. The van der Waals surface area contributed by atoms with E-state index in [1.807, 2.05) is 37.3 Å². The van der Waals surface area contributed by atoms with E-state index in [9.17, 15) is 10.1 Å². The quantitative estimate of drug-likeness (QED) is 0.531. The van der Waals surface area contributed by atoms with Crippen LogP contribution < -0.4 is 5.32 Å². The van der Waals surface area contributed by atoms with Crippen LogP contribution in [-0.4, -0.2) is 31.9 Å². The molecule has 1 amide bonds. The first-order valence-electron chi connectivity index (χ1n) is 9.94. The maximum absolute atomic E-state index is 12.5. The summed E-state index contributed by atoms with van der Waals surface area (Å²) in [6, 6.07) is 6.15. The Morgan fingerprint density at radius 2 is 2.25 bits per heavy atom. The summed E-state index contributed by atoms with van der Waals surface area (Å²) in [4.78, 5) is 13.6. The topological polar surface area (TPSA) is 110 Å². The molecule has 0 fully saturated rings. The van der Waals surface area contributed by atoms with E-state index in [0.717, 1.165) is 34.0 Å². The summed E-state index contributed by atoms with van der Waals surface area (Å²) in [6.45, 7) is 6.23. The van der Waals surface area contributed by atoms with Crippen molar-refractivity contribution in [3.05, 3.63) is 51.3 Å². The van der Waals surface area contributed by atoms with E-state index in [-0.39, 0.29) is 17.1 Å². The number of allylic oxidation sites excluding steroid dienone is 2. The molecular weight excluding hydrogens is 444 g/mol. The maximum atomic E-state index is 12.5. The predicted octanol–water partition coefficient (Wildman–Crippen LogP) is 4.55. The first kappa shape index (κ1) is 22.0. The van der Waals surface area contributed by atoms with E-state index in [4.69, 9.17) is 4.42 Å². The van der Waals surface area contributed by atoms with Crippen LogP contribution in [0.15, 0.2) is 33.4 Å². The van der Waals surface area contributed by atoms with Crippen LogP contribution in [0.5, 0.6) is 0 Å². The molecule has 4 rings (SSSR count). The molecule has 0 aliphatic heterocycles. The van der Waals surface area contributed by atoms with E-state index in [2.05, 4.69) is 40.8 Å². The summed E-state index contributed by atoms with van der Waals surface area (Å²) in [5.74, 6) is 1.60. The van der Waals surface area contributed by atoms with Gasteiger partial charge in [0.25, 0.3) is 0 Å². The van der Waals surface area contributed by atoms with E-state index >= 15 is 0 Å². The number of aryl methyl sites for hydroxylation is 2. The van der Waals surface area contributed by atoms with Crippen LogP contribution in [0, 0.1) is 18.3 Å². The van der Waals surface area contributed by atoms with Crippen LogP contribution in [0.3, 0.4) is 0 Å². The molecule has 0 saturated carbocycles. The van der Waals surface area contributed by atoms with Crippen molar-refractivity contribution in [1.29, 1.82) is 5.26 Å². The number of amides is 1. The van der Waals surface area contributed by atoms with Crippen LogP contribution in [0.1, 0.15) is 47.8 Å². The first-order valence-corrected chi connectivity index (χ1v) is 11.7. The van der Waals surface area contributed by atoms with Gasteiger partial charge >= 0.3 is 0 Å². The zero-order valence-electron chi connectivity index (χ0n) is 18.2. The number of thiophene rings is 1. The van der Waals surface area contributed by atoms with Gasteiger partial charge in [0.2, 0.25) is 11.1 Å². The molecular formula is C22H22N6O2S2. The van der Waals surface area contributed by atoms with Gasteiger partial charge in [0, 0.05) is 22.9 Å². The lowest BCUT2D eigenvalue weighted by Crippen LogP contribution is -2.20. The van der Waals surface area contributed by atoms with Crippen molar-refractivity contribution in [3.8, 4) is 6.07 Å². The van der Waals surface area contributed by atoms with E-state index < -0.39 is 0 Å². The van der Waals surface area contributed by atoms with Gasteiger partial charge in [-0.05, 0) is 53.6 Å². The number of hydrogen-bond acceptors (Lipinski definition) is 8. The molecule has 3 heterocycles. The highest BCUT2D eigenvalue weighted by Gasteiger charge is 2.33. The summed E-state index contributed by atoms with van der Waals surface area (Å²) < 4.78 is 7.13. The number of carbonyl (C=O) groups is 1. The Morgan fingerprint density at radius 3 is 2.91 bits per heavy atom. The van der Waals surface area contributed by atoms with E-state index in [1.165, 1.54) is 27.8 Å². The average molecular weight is 467 g/mol. The molecule has 0 aromatic carbocycles. The van der Waals surface area contributed by atoms with Gasteiger partial charge in [-0.3, -0.25) is 4.79 Å². The van der Waals surface area contributed by atoms with Crippen molar-refractivity contribution >= 4 is 46.2 Å². The number of nitriles is 1. The monoisotopic (exact) mass is 466 g/mol. The minimum atomic E-state index is -0.205. The lowest BCUT2D eigenvalue weighted by atomic mass is 9.77. The molecule has 0 saturated heterocycles. The molecule has 0 atom stereocenters. The molecule has 3 aromatic rings. The van der Waals surface area contributed by atoms with Gasteiger partial charge < -0.3 is 9.73 Å². The van der Waals surface area contributed by atoms with Gasteiger partial charge in [0.1, 0.15) is 22.6 Å². The Labute approximate surface area is 194 Å². The highest BCUT2D eigenvalue weighted by molar-refractivity contribution is 7.99. The third kappa shape index (κ3) is 4.54. The number of anilines is 1. The van der Waals surface area contributed by atoms with Gasteiger partial charge in [-0.2, -0.15) is 5.26 Å². The molecule has 0 spiro atoms. The van der Waals surface area contributed by atoms with Gasteiger partial charge in [0.05, 0.1) is 11.3 Å². The van der Waals surface area contributed by atoms with Gasteiger partial charge in [0.15, 0.2) is 0 Å². The number of hydrogen-bond donors (Lipinski definition) is 1. The van der Waals surface area contributed by atoms with Gasteiger partial charge in [-0.25, -0.2) is 4.68 Å². The molecule has 1 aliphatic rings. The number of fused-ring (bicyclic) bond motifs is 1. The number of rotatable bonds is 6. The van der Waals surface area contributed by atoms with Crippen LogP contribution in [0.4, 0.5) is 5.00 Å². The maximum Gasteiger partial charge on any atom is 0.235 e. The minimum absolute atomic E-state index is 0.150. The SMILES string of the molecule is Cc1ccc(/C=C/C2=Cc3c(sc(NC(=O)CSc4nnnn4C)c3C#N)C(C)(C)C2)o1. The van der Waals surface area contributed by atoms with Crippen molar-refractivity contribution in [2.24, 2.45) is 7.05 Å². The summed E-state index contributed by atoms with van der Waals surface area (Å²) >= 11 is 2.71. The van der Waals surface area contributed by atoms with E-state index in [1.54, 1.807) is 7.05 Å². The zero-order valence-corrected chi connectivity index (χ0v) is 19.8. The Hall–Kier alpha value is -3.16. The van der Waals surface area contributed by atoms with Crippen molar-refractivity contribution in [2.45, 2.75) is 37.8 Å². The second-order valence-corrected chi connectivity index (χ2v) is 10.1.